The fraction of sp³-hybridized carbons (Fsp3) is 0.237. The first-order valence-corrected chi connectivity index (χ1v) is 17.7. The lowest BCUT2D eigenvalue weighted by Gasteiger charge is -2.18. The van der Waals surface area contributed by atoms with Gasteiger partial charge in [-0.3, -0.25) is 14.4 Å². The monoisotopic (exact) mass is 728 g/mol. The quantitative estimate of drug-likeness (QED) is 0.110. The molecule has 2 atom stereocenters. The number of rotatable bonds is 16. The second-order valence-corrected chi connectivity index (χ2v) is 13.5. The maximum absolute atomic E-state index is 13.5. The molecular weight excluding hydrogens is 692 g/mol. The number of carbonyl (C=O) groups is 2. The molecule has 52 heavy (non-hydrogen) atoms. The molecule has 0 spiro atoms. The molecule has 0 bridgehead atoms. The van der Waals surface area contributed by atoms with Crippen LogP contribution >= 0.6 is 0 Å². The highest BCUT2D eigenvalue weighted by molar-refractivity contribution is 7.89. The molecule has 0 saturated carbocycles. The number of ether oxygens (including phenoxy) is 5. The van der Waals surface area contributed by atoms with E-state index < -0.39 is 33.9 Å². The summed E-state index contributed by atoms with van der Waals surface area (Å²) >= 11 is 0. The molecule has 1 amide bonds. The van der Waals surface area contributed by atoms with Crippen molar-refractivity contribution in [2.45, 2.75) is 24.0 Å². The third-order valence-electron chi connectivity index (χ3n) is 8.21. The lowest BCUT2D eigenvalue weighted by molar-refractivity contribution is -0.121. The molecular formula is C38H36N2O11S. The molecule has 1 fully saturated rings. The molecule has 6 rings (SSSR count). The largest absolute Gasteiger partial charge is 0.493 e. The van der Waals surface area contributed by atoms with Crippen LogP contribution in [0.5, 0.6) is 23.0 Å². The number of ketones is 1. The van der Waals surface area contributed by atoms with Gasteiger partial charge in [-0.1, -0.05) is 29.8 Å². The van der Waals surface area contributed by atoms with Gasteiger partial charge < -0.3 is 33.4 Å². The van der Waals surface area contributed by atoms with Gasteiger partial charge in [-0.25, -0.2) is 8.42 Å². The molecule has 13 nitrogen and oxygen atoms in total. The molecule has 0 aliphatic carbocycles. The molecule has 2 unspecified atom stereocenters. The summed E-state index contributed by atoms with van der Waals surface area (Å²) in [4.78, 5) is 39.3. The molecule has 14 heteroatoms. The van der Waals surface area contributed by atoms with Gasteiger partial charge in [0.2, 0.25) is 21.2 Å². The van der Waals surface area contributed by atoms with Gasteiger partial charge in [0.1, 0.15) is 36.7 Å². The van der Waals surface area contributed by atoms with E-state index in [4.69, 9.17) is 28.1 Å². The Morgan fingerprint density at radius 1 is 0.885 bits per heavy atom. The van der Waals surface area contributed by atoms with Crippen LogP contribution in [-0.2, 0) is 19.6 Å². The normalized spacial score (nSPS) is 14.3. The Kier molecular flexibility index (Phi) is 10.9. The van der Waals surface area contributed by atoms with E-state index in [1.165, 1.54) is 38.5 Å². The molecule has 1 aliphatic rings. The number of amides is 1. The van der Waals surface area contributed by atoms with Crippen LogP contribution in [0, 0.1) is 6.92 Å². The zero-order valence-electron chi connectivity index (χ0n) is 28.5. The second kappa shape index (κ2) is 15.7. The highest BCUT2D eigenvalue weighted by Crippen LogP contribution is 2.36. The Morgan fingerprint density at radius 3 is 2.27 bits per heavy atom. The molecule has 270 valence electrons. The van der Waals surface area contributed by atoms with Crippen molar-refractivity contribution in [1.82, 2.24) is 10.0 Å². The maximum Gasteiger partial charge on any atom is 0.251 e. The molecule has 4 aromatic carbocycles. The van der Waals surface area contributed by atoms with Gasteiger partial charge in [-0.2, -0.15) is 4.72 Å². The van der Waals surface area contributed by atoms with Gasteiger partial charge in [0, 0.05) is 17.7 Å². The second-order valence-electron chi connectivity index (χ2n) is 11.8. The number of sulfonamides is 1. The number of epoxide rings is 1. The van der Waals surface area contributed by atoms with E-state index in [2.05, 4.69) is 10.0 Å². The van der Waals surface area contributed by atoms with Crippen LogP contribution in [0.2, 0.25) is 0 Å². The first kappa shape index (κ1) is 36.1. The van der Waals surface area contributed by atoms with Crippen LogP contribution in [0.4, 0.5) is 0 Å². The Balaban J connectivity index is 1.08. The number of benzene rings is 4. The summed E-state index contributed by atoms with van der Waals surface area (Å²) in [6.07, 6.45) is -0.726. The standard InChI is InChI=1S/C38H36N2O11S/c1-23-8-15-27(16-9-23)52(44,45)40-29(35(42)33-22-50-33)21-39-38(43)24-10-13-26(14-11-24)48-18-19-49-37-34(41)28-6-4-5-7-30(28)51-36(37)25-12-17-31(46-2)32(20-25)47-3/h4-17,20,29,33,40H,18-19,21-22H2,1-3H3,(H,39,43). The summed E-state index contributed by atoms with van der Waals surface area (Å²) in [5, 5.41) is 2.99. The van der Waals surface area contributed by atoms with Crippen molar-refractivity contribution in [1.29, 1.82) is 0 Å². The van der Waals surface area contributed by atoms with Crippen LogP contribution in [0.15, 0.2) is 105 Å². The lowest BCUT2D eigenvalue weighted by atomic mass is 10.1. The molecule has 1 aliphatic heterocycles. The minimum atomic E-state index is -4.05. The number of fused-ring (bicyclic) bond motifs is 1. The predicted molar refractivity (Wildman–Crippen MR) is 191 cm³/mol. The van der Waals surface area contributed by atoms with Gasteiger partial charge in [0.15, 0.2) is 23.0 Å². The highest BCUT2D eigenvalue weighted by Gasteiger charge is 2.38. The average molecular weight is 729 g/mol. The number of hydrogen-bond donors (Lipinski definition) is 2. The van der Waals surface area contributed by atoms with Crippen molar-refractivity contribution in [3.05, 3.63) is 112 Å². The van der Waals surface area contributed by atoms with Gasteiger partial charge in [-0.05, 0) is 73.7 Å². The number of aryl methyl sites for hydroxylation is 1. The van der Waals surface area contributed by atoms with E-state index in [0.29, 0.717) is 33.8 Å². The van der Waals surface area contributed by atoms with Gasteiger partial charge >= 0.3 is 0 Å². The van der Waals surface area contributed by atoms with Crippen molar-refractivity contribution in [2.24, 2.45) is 0 Å². The third kappa shape index (κ3) is 8.26. The minimum absolute atomic E-state index is 0.000919. The SMILES string of the molecule is COc1ccc(-c2oc3ccccc3c(=O)c2OCCOc2ccc(C(=O)NCC(NS(=O)(=O)c3ccc(C)cc3)C(=O)C3CO3)cc2)cc1OC. The van der Waals surface area contributed by atoms with Crippen LogP contribution in [0.25, 0.3) is 22.3 Å². The number of Topliss-reactive ketones (excluding diaryl/α,β-unsaturated/α-hetero) is 1. The van der Waals surface area contributed by atoms with Crippen molar-refractivity contribution in [3.63, 3.8) is 0 Å². The van der Waals surface area contributed by atoms with Crippen molar-refractivity contribution in [3.8, 4) is 34.3 Å². The summed E-state index contributed by atoms with van der Waals surface area (Å²) in [5.41, 5.74) is 1.73. The van der Waals surface area contributed by atoms with E-state index in [1.54, 1.807) is 66.7 Å². The van der Waals surface area contributed by atoms with E-state index in [0.717, 1.165) is 5.56 Å². The third-order valence-corrected chi connectivity index (χ3v) is 9.69. The molecule has 5 aromatic rings. The Hall–Kier alpha value is -5.70. The number of nitrogens with one attached hydrogen (secondary N) is 2. The van der Waals surface area contributed by atoms with E-state index in [1.807, 2.05) is 6.92 Å². The number of para-hydroxylation sites is 1. The zero-order valence-corrected chi connectivity index (χ0v) is 29.4. The molecule has 2 heterocycles. The van der Waals surface area contributed by atoms with Crippen LogP contribution < -0.4 is 34.4 Å². The smallest absolute Gasteiger partial charge is 0.251 e. The summed E-state index contributed by atoms with van der Waals surface area (Å²) in [7, 11) is -1.01. The summed E-state index contributed by atoms with van der Waals surface area (Å²) < 4.78 is 62.1. The van der Waals surface area contributed by atoms with Gasteiger partial charge in [0.05, 0.1) is 31.1 Å². The van der Waals surface area contributed by atoms with Crippen LogP contribution in [0.3, 0.4) is 0 Å². The van der Waals surface area contributed by atoms with Gasteiger partial charge in [0.25, 0.3) is 5.91 Å². The highest BCUT2D eigenvalue weighted by atomic mass is 32.2. The van der Waals surface area contributed by atoms with Crippen molar-refractivity contribution in [2.75, 3.05) is 40.6 Å². The van der Waals surface area contributed by atoms with Crippen molar-refractivity contribution >= 4 is 32.7 Å². The molecule has 2 N–H and O–H groups in total. The number of carbonyl (C=O) groups excluding carboxylic acids is 2. The summed E-state index contributed by atoms with van der Waals surface area (Å²) in [6.45, 7) is 1.78. The Bertz CT molecular complexity index is 2250. The maximum atomic E-state index is 13.5. The predicted octanol–water partition coefficient (Wildman–Crippen LogP) is 4.29. The Morgan fingerprint density at radius 2 is 1.58 bits per heavy atom. The molecule has 1 saturated heterocycles. The van der Waals surface area contributed by atoms with E-state index in [-0.39, 0.29) is 53.8 Å². The zero-order chi connectivity index (χ0) is 36.8. The van der Waals surface area contributed by atoms with Crippen LogP contribution in [-0.4, -0.2) is 72.8 Å². The summed E-state index contributed by atoms with van der Waals surface area (Å²) in [5.74, 6) is 0.619. The van der Waals surface area contributed by atoms with Crippen LogP contribution in [0.1, 0.15) is 15.9 Å². The molecule has 1 aromatic heterocycles. The minimum Gasteiger partial charge on any atom is -0.493 e. The fourth-order valence-electron chi connectivity index (χ4n) is 5.34. The average Bonchev–Trinajstić information content (AvgIpc) is 4.01. The summed E-state index contributed by atoms with van der Waals surface area (Å²) in [6, 6.07) is 23.2. The van der Waals surface area contributed by atoms with Crippen molar-refractivity contribution < 1.29 is 46.1 Å². The number of methoxy groups -OCH3 is 2. The Labute approximate surface area is 299 Å². The fourth-order valence-corrected chi connectivity index (χ4v) is 6.54. The first-order chi connectivity index (χ1) is 25.1. The van der Waals surface area contributed by atoms with E-state index >= 15 is 0 Å². The topological polar surface area (TPSA) is 172 Å². The first-order valence-electron chi connectivity index (χ1n) is 16.2. The van der Waals surface area contributed by atoms with E-state index in [9.17, 15) is 22.8 Å². The lowest BCUT2D eigenvalue weighted by Crippen LogP contribution is -2.49. The number of hydrogen-bond acceptors (Lipinski definition) is 11. The van der Waals surface area contributed by atoms with Gasteiger partial charge in [-0.15, -0.1) is 0 Å². The molecule has 0 radical (unpaired) electrons.